The van der Waals surface area contributed by atoms with Crippen LogP contribution in [0.1, 0.15) is 5.56 Å². The van der Waals surface area contributed by atoms with Gasteiger partial charge >= 0.3 is 0 Å². The summed E-state index contributed by atoms with van der Waals surface area (Å²) in [4.78, 5) is 7.17. The summed E-state index contributed by atoms with van der Waals surface area (Å²) >= 11 is 0. The van der Waals surface area contributed by atoms with Crippen LogP contribution in [0.15, 0.2) is 53.8 Å². The molecule has 2 aromatic heterocycles. The molecule has 7 heteroatoms. The van der Waals surface area contributed by atoms with Gasteiger partial charge in [0.05, 0.1) is 7.11 Å². The first-order valence-electron chi connectivity index (χ1n) is 7.14. The molecule has 0 atom stereocenters. The summed E-state index contributed by atoms with van der Waals surface area (Å²) in [5.41, 5.74) is 2.03. The molecule has 6 nitrogen and oxygen atoms in total. The Morgan fingerprint density at radius 3 is 2.91 bits per heavy atom. The Bertz CT molecular complexity index is 905. The standard InChI is InChI=1S/C16H17N3O3S/c1-22-13-4-5-16-15(9-13)12(10-18-16)6-8-19-23(20,21)14-3-2-7-17-11-14/h2-5,7,9-11,18-19H,6,8H2,1H3. The summed E-state index contributed by atoms with van der Waals surface area (Å²) in [6.07, 6.45) is 5.34. The van der Waals surface area contributed by atoms with E-state index in [1.165, 1.54) is 12.3 Å². The van der Waals surface area contributed by atoms with E-state index in [0.717, 1.165) is 22.2 Å². The van der Waals surface area contributed by atoms with Crippen molar-refractivity contribution in [3.05, 3.63) is 54.5 Å². The molecule has 0 aliphatic rings. The van der Waals surface area contributed by atoms with Crippen LogP contribution in [0.2, 0.25) is 0 Å². The maximum atomic E-state index is 12.1. The highest BCUT2D eigenvalue weighted by Gasteiger charge is 2.13. The number of pyridine rings is 1. The zero-order valence-corrected chi connectivity index (χ0v) is 13.4. The Morgan fingerprint density at radius 2 is 2.17 bits per heavy atom. The average molecular weight is 331 g/mol. The number of nitrogens with zero attached hydrogens (tertiary/aromatic N) is 1. The summed E-state index contributed by atoms with van der Waals surface area (Å²) in [5.74, 6) is 0.772. The molecule has 0 saturated heterocycles. The summed E-state index contributed by atoms with van der Waals surface area (Å²) < 4.78 is 32.1. The van der Waals surface area contributed by atoms with E-state index in [9.17, 15) is 8.42 Å². The topological polar surface area (TPSA) is 84.1 Å². The van der Waals surface area contributed by atoms with Crippen molar-refractivity contribution in [2.75, 3.05) is 13.7 Å². The van der Waals surface area contributed by atoms with E-state index in [2.05, 4.69) is 14.7 Å². The number of H-pyrrole nitrogens is 1. The molecule has 0 bridgehead atoms. The van der Waals surface area contributed by atoms with Crippen LogP contribution in [-0.4, -0.2) is 32.0 Å². The Kier molecular flexibility index (Phi) is 4.31. The minimum atomic E-state index is -3.53. The van der Waals surface area contributed by atoms with Crippen molar-refractivity contribution in [2.24, 2.45) is 0 Å². The van der Waals surface area contributed by atoms with Gasteiger partial charge in [0.15, 0.2) is 0 Å². The second-order valence-electron chi connectivity index (χ2n) is 5.06. The van der Waals surface area contributed by atoms with Gasteiger partial charge in [-0.15, -0.1) is 0 Å². The molecular formula is C16H17N3O3S. The number of benzene rings is 1. The maximum absolute atomic E-state index is 12.1. The number of sulfonamides is 1. The highest BCUT2D eigenvalue weighted by atomic mass is 32.2. The highest BCUT2D eigenvalue weighted by Crippen LogP contribution is 2.23. The van der Waals surface area contributed by atoms with E-state index >= 15 is 0 Å². The largest absolute Gasteiger partial charge is 0.497 e. The zero-order chi connectivity index (χ0) is 16.3. The van der Waals surface area contributed by atoms with Gasteiger partial charge in [0, 0.05) is 36.0 Å². The molecule has 0 amide bonds. The van der Waals surface area contributed by atoms with Gasteiger partial charge in [-0.05, 0) is 42.3 Å². The van der Waals surface area contributed by atoms with Crippen LogP contribution in [0.5, 0.6) is 5.75 Å². The van der Waals surface area contributed by atoms with E-state index in [-0.39, 0.29) is 4.90 Å². The molecule has 0 aliphatic carbocycles. The Balaban J connectivity index is 1.72. The first kappa shape index (κ1) is 15.5. The monoisotopic (exact) mass is 331 g/mol. The predicted molar refractivity (Wildman–Crippen MR) is 88.0 cm³/mol. The van der Waals surface area contributed by atoms with Crippen LogP contribution < -0.4 is 9.46 Å². The van der Waals surface area contributed by atoms with Crippen LogP contribution in [0, 0.1) is 0 Å². The number of hydrogen-bond acceptors (Lipinski definition) is 4. The van der Waals surface area contributed by atoms with Gasteiger partial charge < -0.3 is 9.72 Å². The molecule has 0 spiro atoms. The van der Waals surface area contributed by atoms with Crippen LogP contribution in [-0.2, 0) is 16.4 Å². The molecule has 0 unspecified atom stereocenters. The summed E-state index contributed by atoms with van der Waals surface area (Å²) in [5, 5.41) is 1.03. The molecule has 3 aromatic rings. The molecule has 1 aromatic carbocycles. The molecule has 120 valence electrons. The minimum absolute atomic E-state index is 0.167. The first-order valence-corrected chi connectivity index (χ1v) is 8.62. The molecule has 23 heavy (non-hydrogen) atoms. The third-order valence-electron chi connectivity index (χ3n) is 3.61. The molecule has 0 aliphatic heterocycles. The lowest BCUT2D eigenvalue weighted by Crippen LogP contribution is -2.26. The van der Waals surface area contributed by atoms with Crippen molar-refractivity contribution in [1.82, 2.24) is 14.7 Å². The Morgan fingerprint density at radius 1 is 1.30 bits per heavy atom. The van der Waals surface area contributed by atoms with Gasteiger partial charge in [-0.3, -0.25) is 4.98 Å². The number of ether oxygens (including phenoxy) is 1. The van der Waals surface area contributed by atoms with Crippen molar-refractivity contribution in [1.29, 1.82) is 0 Å². The molecule has 0 fully saturated rings. The van der Waals surface area contributed by atoms with Crippen LogP contribution >= 0.6 is 0 Å². The molecule has 3 rings (SSSR count). The lowest BCUT2D eigenvalue weighted by molar-refractivity contribution is 0.415. The number of methoxy groups -OCH3 is 1. The second kappa shape index (κ2) is 6.39. The lowest BCUT2D eigenvalue weighted by Gasteiger charge is -2.06. The zero-order valence-electron chi connectivity index (χ0n) is 12.6. The number of hydrogen-bond donors (Lipinski definition) is 2. The molecule has 0 radical (unpaired) electrons. The normalized spacial score (nSPS) is 11.7. The van der Waals surface area contributed by atoms with E-state index in [4.69, 9.17) is 4.74 Å². The predicted octanol–water partition coefficient (Wildman–Crippen LogP) is 2.09. The molecule has 2 heterocycles. The van der Waals surface area contributed by atoms with E-state index in [1.54, 1.807) is 19.4 Å². The number of rotatable bonds is 6. The maximum Gasteiger partial charge on any atom is 0.242 e. The number of fused-ring (bicyclic) bond motifs is 1. The Labute approximate surface area is 134 Å². The van der Waals surface area contributed by atoms with Gasteiger partial charge in [0.2, 0.25) is 10.0 Å². The third-order valence-corrected chi connectivity index (χ3v) is 5.05. The Hall–Kier alpha value is -2.38. The second-order valence-corrected chi connectivity index (χ2v) is 6.83. The number of nitrogens with one attached hydrogen (secondary N) is 2. The average Bonchev–Trinajstić information content (AvgIpc) is 2.98. The van der Waals surface area contributed by atoms with E-state index < -0.39 is 10.0 Å². The van der Waals surface area contributed by atoms with Crippen molar-refractivity contribution < 1.29 is 13.2 Å². The van der Waals surface area contributed by atoms with Crippen molar-refractivity contribution >= 4 is 20.9 Å². The van der Waals surface area contributed by atoms with Gasteiger partial charge in [0.25, 0.3) is 0 Å². The summed E-state index contributed by atoms with van der Waals surface area (Å²) in [6.45, 7) is 0.307. The number of aromatic nitrogens is 2. The first-order chi connectivity index (χ1) is 11.1. The van der Waals surface area contributed by atoms with Crippen molar-refractivity contribution in [2.45, 2.75) is 11.3 Å². The SMILES string of the molecule is COc1ccc2[nH]cc(CCNS(=O)(=O)c3cccnc3)c2c1. The smallest absolute Gasteiger partial charge is 0.242 e. The molecular weight excluding hydrogens is 314 g/mol. The summed E-state index contributed by atoms with van der Waals surface area (Å²) in [7, 11) is -1.91. The number of aromatic amines is 1. The van der Waals surface area contributed by atoms with Gasteiger partial charge in [-0.2, -0.15) is 0 Å². The fraction of sp³-hybridized carbons (Fsp3) is 0.188. The van der Waals surface area contributed by atoms with E-state index in [0.29, 0.717) is 13.0 Å². The van der Waals surface area contributed by atoms with Crippen LogP contribution in [0.4, 0.5) is 0 Å². The van der Waals surface area contributed by atoms with Crippen molar-refractivity contribution in [3.63, 3.8) is 0 Å². The van der Waals surface area contributed by atoms with E-state index in [1.807, 2.05) is 24.4 Å². The minimum Gasteiger partial charge on any atom is -0.497 e. The molecule has 0 saturated carbocycles. The van der Waals surface area contributed by atoms with Gasteiger partial charge in [-0.1, -0.05) is 0 Å². The van der Waals surface area contributed by atoms with Crippen LogP contribution in [0.25, 0.3) is 10.9 Å². The van der Waals surface area contributed by atoms with Gasteiger partial charge in [0.1, 0.15) is 10.6 Å². The quantitative estimate of drug-likeness (QED) is 0.724. The van der Waals surface area contributed by atoms with Crippen molar-refractivity contribution in [3.8, 4) is 5.75 Å². The highest BCUT2D eigenvalue weighted by molar-refractivity contribution is 7.89. The summed E-state index contributed by atoms with van der Waals surface area (Å²) in [6, 6.07) is 8.88. The molecule has 2 N–H and O–H groups in total. The fourth-order valence-corrected chi connectivity index (χ4v) is 3.40. The third kappa shape index (κ3) is 3.35. The van der Waals surface area contributed by atoms with Gasteiger partial charge in [-0.25, -0.2) is 13.1 Å². The van der Waals surface area contributed by atoms with Crippen LogP contribution in [0.3, 0.4) is 0 Å². The fourth-order valence-electron chi connectivity index (χ4n) is 2.40. The lowest BCUT2D eigenvalue weighted by atomic mass is 10.1.